The Labute approximate surface area is 116 Å². The summed E-state index contributed by atoms with van der Waals surface area (Å²) in [5.41, 5.74) is 3.09. The summed E-state index contributed by atoms with van der Waals surface area (Å²) >= 11 is 0. The zero-order chi connectivity index (χ0) is 13.8. The number of nitrogens with zero attached hydrogens (tertiary/aromatic N) is 1. The van der Waals surface area contributed by atoms with Gasteiger partial charge in [-0.1, -0.05) is 24.1 Å². The van der Waals surface area contributed by atoms with Crippen molar-refractivity contribution in [3.8, 4) is 0 Å². The number of nitrogens with one attached hydrogen (secondary N) is 1. The van der Waals surface area contributed by atoms with Crippen LogP contribution in [0.4, 0.5) is 0 Å². The molecule has 1 unspecified atom stereocenters. The van der Waals surface area contributed by atoms with Crippen molar-refractivity contribution >= 4 is 5.91 Å². The van der Waals surface area contributed by atoms with E-state index in [-0.39, 0.29) is 5.91 Å². The van der Waals surface area contributed by atoms with Gasteiger partial charge in [0.05, 0.1) is 0 Å². The summed E-state index contributed by atoms with van der Waals surface area (Å²) in [6, 6.07) is 6.47. The van der Waals surface area contributed by atoms with Crippen molar-refractivity contribution in [1.29, 1.82) is 0 Å². The number of hydrogen-bond acceptors (Lipinski definition) is 2. The van der Waals surface area contributed by atoms with Crippen molar-refractivity contribution in [2.45, 2.75) is 39.2 Å². The molecular weight excluding hydrogens is 236 g/mol. The van der Waals surface area contributed by atoms with Gasteiger partial charge in [0, 0.05) is 25.2 Å². The van der Waals surface area contributed by atoms with E-state index in [0.29, 0.717) is 6.04 Å². The van der Waals surface area contributed by atoms with Crippen molar-refractivity contribution < 1.29 is 4.79 Å². The van der Waals surface area contributed by atoms with E-state index in [0.717, 1.165) is 24.2 Å². The Morgan fingerprint density at radius 3 is 2.79 bits per heavy atom. The normalized spacial score (nSPS) is 19.2. The molecule has 0 bridgehead atoms. The topological polar surface area (TPSA) is 32.3 Å². The van der Waals surface area contributed by atoms with Crippen LogP contribution in [0.3, 0.4) is 0 Å². The molecule has 1 atom stereocenters. The summed E-state index contributed by atoms with van der Waals surface area (Å²) < 4.78 is 0. The van der Waals surface area contributed by atoms with Crippen molar-refractivity contribution in [1.82, 2.24) is 10.2 Å². The Kier molecular flexibility index (Phi) is 4.59. The van der Waals surface area contributed by atoms with Gasteiger partial charge in [-0.2, -0.15) is 0 Å². The molecule has 1 amide bonds. The molecule has 1 N–H and O–H groups in total. The van der Waals surface area contributed by atoms with Gasteiger partial charge in [0.1, 0.15) is 0 Å². The number of piperidine rings is 1. The van der Waals surface area contributed by atoms with Crippen LogP contribution in [0.2, 0.25) is 0 Å². The van der Waals surface area contributed by atoms with Crippen LogP contribution < -0.4 is 5.32 Å². The van der Waals surface area contributed by atoms with Crippen LogP contribution in [0, 0.1) is 13.8 Å². The smallest absolute Gasteiger partial charge is 0.253 e. The predicted molar refractivity (Wildman–Crippen MR) is 78.5 cm³/mol. The first-order valence-corrected chi connectivity index (χ1v) is 7.14. The quantitative estimate of drug-likeness (QED) is 0.905. The van der Waals surface area contributed by atoms with Crippen molar-refractivity contribution in [2.75, 3.05) is 20.1 Å². The second-order valence-corrected chi connectivity index (χ2v) is 5.65. The number of amides is 1. The first kappa shape index (κ1) is 14.1. The summed E-state index contributed by atoms with van der Waals surface area (Å²) in [6.45, 7) is 5.94. The molecule has 3 heteroatoms. The van der Waals surface area contributed by atoms with E-state index in [1.54, 1.807) is 0 Å². The van der Waals surface area contributed by atoms with Crippen LogP contribution in [0.5, 0.6) is 0 Å². The summed E-state index contributed by atoms with van der Waals surface area (Å²) in [6.07, 6.45) is 3.69. The molecule has 19 heavy (non-hydrogen) atoms. The molecule has 3 nitrogen and oxygen atoms in total. The van der Waals surface area contributed by atoms with E-state index >= 15 is 0 Å². The molecule has 0 aliphatic carbocycles. The predicted octanol–water partition coefficient (Wildman–Crippen LogP) is 2.52. The monoisotopic (exact) mass is 260 g/mol. The standard InChI is InChI=1S/C16H24N2O/c1-12-7-8-15(13(2)10-12)16(19)18(3)11-14-6-4-5-9-17-14/h7-8,10,14,17H,4-6,9,11H2,1-3H3. The molecule has 1 fully saturated rings. The van der Waals surface area contributed by atoms with E-state index in [1.807, 2.05) is 31.0 Å². The van der Waals surface area contributed by atoms with E-state index < -0.39 is 0 Å². The van der Waals surface area contributed by atoms with Gasteiger partial charge in [-0.25, -0.2) is 0 Å². The molecule has 0 radical (unpaired) electrons. The molecule has 1 aromatic carbocycles. The number of carbonyl (C=O) groups is 1. The van der Waals surface area contributed by atoms with Gasteiger partial charge in [-0.05, 0) is 44.9 Å². The zero-order valence-corrected chi connectivity index (χ0v) is 12.2. The third-order valence-electron chi connectivity index (χ3n) is 3.87. The average molecular weight is 260 g/mol. The highest BCUT2D eigenvalue weighted by Gasteiger charge is 2.19. The van der Waals surface area contributed by atoms with Crippen LogP contribution in [0.15, 0.2) is 18.2 Å². The highest BCUT2D eigenvalue weighted by atomic mass is 16.2. The molecule has 0 spiro atoms. The van der Waals surface area contributed by atoms with E-state index in [2.05, 4.69) is 18.3 Å². The molecule has 0 saturated carbocycles. The van der Waals surface area contributed by atoms with Crippen molar-refractivity contribution in [3.63, 3.8) is 0 Å². The lowest BCUT2D eigenvalue weighted by atomic mass is 10.0. The maximum absolute atomic E-state index is 12.4. The largest absolute Gasteiger partial charge is 0.340 e. The van der Waals surface area contributed by atoms with Crippen LogP contribution in [-0.4, -0.2) is 37.0 Å². The van der Waals surface area contributed by atoms with Crippen molar-refractivity contribution in [2.24, 2.45) is 0 Å². The Morgan fingerprint density at radius 1 is 1.37 bits per heavy atom. The summed E-state index contributed by atoms with van der Waals surface area (Å²) in [4.78, 5) is 14.3. The third kappa shape index (κ3) is 3.57. The molecule has 1 saturated heterocycles. The average Bonchev–Trinajstić information content (AvgIpc) is 2.39. The van der Waals surface area contributed by atoms with E-state index in [4.69, 9.17) is 0 Å². The minimum Gasteiger partial charge on any atom is -0.340 e. The Balaban J connectivity index is 2.01. The second-order valence-electron chi connectivity index (χ2n) is 5.65. The Morgan fingerprint density at radius 2 is 2.16 bits per heavy atom. The number of likely N-dealkylation sites (N-methyl/N-ethyl adjacent to an activating group) is 1. The molecule has 0 aromatic heterocycles. The molecule has 1 aliphatic rings. The lowest BCUT2D eigenvalue weighted by Gasteiger charge is -2.28. The molecule has 1 aliphatic heterocycles. The SMILES string of the molecule is Cc1ccc(C(=O)N(C)CC2CCCCN2)c(C)c1. The number of benzene rings is 1. The molecule has 104 valence electrons. The van der Waals surface area contributed by atoms with Gasteiger partial charge in [0.2, 0.25) is 0 Å². The number of aryl methyl sites for hydroxylation is 2. The summed E-state index contributed by atoms with van der Waals surface area (Å²) in [7, 11) is 1.90. The highest BCUT2D eigenvalue weighted by molar-refractivity contribution is 5.95. The Hall–Kier alpha value is -1.35. The van der Waals surface area contributed by atoms with Gasteiger partial charge in [0.25, 0.3) is 5.91 Å². The van der Waals surface area contributed by atoms with Gasteiger partial charge in [0.15, 0.2) is 0 Å². The lowest BCUT2D eigenvalue weighted by molar-refractivity contribution is 0.0774. The Bertz CT molecular complexity index is 450. The van der Waals surface area contributed by atoms with Crippen molar-refractivity contribution in [3.05, 3.63) is 34.9 Å². The molecule has 2 rings (SSSR count). The highest BCUT2D eigenvalue weighted by Crippen LogP contribution is 2.14. The van der Waals surface area contributed by atoms with E-state index in [1.165, 1.54) is 24.8 Å². The van der Waals surface area contributed by atoms with Gasteiger partial charge < -0.3 is 10.2 Å². The fraction of sp³-hybridized carbons (Fsp3) is 0.562. The first-order valence-electron chi connectivity index (χ1n) is 7.14. The molecule has 1 aromatic rings. The van der Waals surface area contributed by atoms with Crippen LogP contribution >= 0.6 is 0 Å². The number of hydrogen-bond donors (Lipinski definition) is 1. The third-order valence-corrected chi connectivity index (χ3v) is 3.87. The van der Waals surface area contributed by atoms with Crippen LogP contribution in [-0.2, 0) is 0 Å². The maximum atomic E-state index is 12.4. The van der Waals surface area contributed by atoms with E-state index in [9.17, 15) is 4.79 Å². The number of carbonyl (C=O) groups excluding carboxylic acids is 1. The fourth-order valence-electron chi connectivity index (χ4n) is 2.75. The summed E-state index contributed by atoms with van der Waals surface area (Å²) in [5, 5.41) is 3.49. The maximum Gasteiger partial charge on any atom is 0.253 e. The van der Waals surface area contributed by atoms with Gasteiger partial charge >= 0.3 is 0 Å². The van der Waals surface area contributed by atoms with Crippen LogP contribution in [0.1, 0.15) is 40.7 Å². The minimum absolute atomic E-state index is 0.130. The fourth-order valence-corrected chi connectivity index (χ4v) is 2.75. The van der Waals surface area contributed by atoms with Gasteiger partial charge in [-0.15, -0.1) is 0 Å². The molecular formula is C16H24N2O. The minimum atomic E-state index is 0.130. The summed E-state index contributed by atoms with van der Waals surface area (Å²) in [5.74, 6) is 0.130. The van der Waals surface area contributed by atoms with Gasteiger partial charge in [-0.3, -0.25) is 4.79 Å². The molecule has 1 heterocycles. The van der Waals surface area contributed by atoms with Crippen LogP contribution in [0.25, 0.3) is 0 Å². The zero-order valence-electron chi connectivity index (χ0n) is 12.2. The number of rotatable bonds is 3. The second kappa shape index (κ2) is 6.20. The first-order chi connectivity index (χ1) is 9.08. The lowest BCUT2D eigenvalue weighted by Crippen LogP contribution is -2.44.